The normalized spacial score (nSPS) is 11.7. The Labute approximate surface area is 167 Å². The molecule has 1 N–H and O–H groups in total. The van der Waals surface area contributed by atoms with E-state index in [4.69, 9.17) is 16.3 Å². The second-order valence-electron chi connectivity index (χ2n) is 6.26. The topological polar surface area (TPSA) is 86.1 Å². The molecular weight excluding hydrogens is 380 g/mol. The summed E-state index contributed by atoms with van der Waals surface area (Å²) in [4.78, 5) is 28.8. The number of hydrogen-bond donors (Lipinski definition) is 1. The van der Waals surface area contributed by atoms with Gasteiger partial charge in [0, 0.05) is 11.9 Å². The second-order valence-corrected chi connectivity index (χ2v) is 6.67. The lowest BCUT2D eigenvalue weighted by atomic mass is 10.2. The number of esters is 1. The Morgan fingerprint density at radius 3 is 2.54 bits per heavy atom. The van der Waals surface area contributed by atoms with E-state index in [1.54, 1.807) is 41.1 Å². The van der Waals surface area contributed by atoms with E-state index in [1.807, 2.05) is 19.9 Å². The van der Waals surface area contributed by atoms with Gasteiger partial charge in [0.15, 0.2) is 11.9 Å². The van der Waals surface area contributed by atoms with Gasteiger partial charge in [0.25, 0.3) is 5.91 Å². The van der Waals surface area contributed by atoms with E-state index in [2.05, 4.69) is 15.4 Å². The van der Waals surface area contributed by atoms with Crippen molar-refractivity contribution in [3.8, 4) is 5.82 Å². The molecule has 1 aromatic carbocycles. The number of halogens is 1. The van der Waals surface area contributed by atoms with Crippen LogP contribution in [0.4, 0.5) is 5.69 Å². The predicted molar refractivity (Wildman–Crippen MR) is 106 cm³/mol. The van der Waals surface area contributed by atoms with Crippen LogP contribution in [0.2, 0.25) is 5.02 Å². The molecule has 0 aliphatic carbocycles. The van der Waals surface area contributed by atoms with Crippen LogP contribution in [-0.4, -0.2) is 32.7 Å². The minimum atomic E-state index is -1.00. The van der Waals surface area contributed by atoms with Crippen LogP contribution in [-0.2, 0) is 9.53 Å². The number of aromatic nitrogens is 3. The number of aryl methyl sites for hydroxylation is 2. The number of carbonyl (C=O) groups excluding carboxylic acids is 2. The summed E-state index contributed by atoms with van der Waals surface area (Å²) in [5, 5.41) is 7.38. The van der Waals surface area contributed by atoms with Crippen LogP contribution in [0.5, 0.6) is 0 Å². The lowest BCUT2D eigenvalue weighted by Crippen LogP contribution is -2.30. The smallest absolute Gasteiger partial charge is 0.340 e. The Morgan fingerprint density at radius 1 is 1.18 bits per heavy atom. The number of rotatable bonds is 5. The molecule has 3 rings (SSSR count). The molecule has 0 radical (unpaired) electrons. The number of carbonyl (C=O) groups is 2. The highest BCUT2D eigenvalue weighted by atomic mass is 35.5. The minimum absolute atomic E-state index is 0.239. The third-order valence-electron chi connectivity index (χ3n) is 3.99. The Morgan fingerprint density at radius 2 is 1.93 bits per heavy atom. The fraction of sp³-hybridized carbons (Fsp3) is 0.200. The number of ether oxygens (including phenoxy) is 1. The molecule has 0 aliphatic rings. The maximum Gasteiger partial charge on any atom is 0.340 e. The second kappa shape index (κ2) is 8.22. The van der Waals surface area contributed by atoms with Gasteiger partial charge in [-0.25, -0.2) is 14.5 Å². The van der Waals surface area contributed by atoms with Crippen molar-refractivity contribution in [2.45, 2.75) is 26.9 Å². The molecule has 2 heterocycles. The summed E-state index contributed by atoms with van der Waals surface area (Å²) in [5.41, 5.74) is 2.50. The highest BCUT2D eigenvalue weighted by Crippen LogP contribution is 2.21. The van der Waals surface area contributed by atoms with Crippen LogP contribution in [0.3, 0.4) is 0 Å². The molecule has 0 aliphatic heterocycles. The third-order valence-corrected chi connectivity index (χ3v) is 4.32. The summed E-state index contributed by atoms with van der Waals surface area (Å²) in [6, 6.07) is 12.0. The molecule has 0 saturated carbocycles. The van der Waals surface area contributed by atoms with Gasteiger partial charge in [-0.05, 0) is 51.1 Å². The molecule has 0 bridgehead atoms. The molecule has 3 aromatic rings. The van der Waals surface area contributed by atoms with Crippen LogP contribution in [0, 0.1) is 13.8 Å². The standard InChI is InChI=1S/C20H19ClN4O3/c1-12-10-13(2)25(24-12)18-9-8-15(11-22-18)20(27)28-14(3)19(26)23-17-7-5-4-6-16(17)21/h4-11,14H,1-3H3,(H,23,26). The van der Waals surface area contributed by atoms with Gasteiger partial charge in [0.2, 0.25) is 0 Å². The van der Waals surface area contributed by atoms with Crippen molar-refractivity contribution in [3.05, 3.63) is 70.6 Å². The molecule has 144 valence electrons. The zero-order valence-electron chi connectivity index (χ0n) is 15.6. The maximum absolute atomic E-state index is 12.3. The van der Waals surface area contributed by atoms with Crippen molar-refractivity contribution in [3.63, 3.8) is 0 Å². The Balaban J connectivity index is 1.64. The predicted octanol–water partition coefficient (Wildman–Crippen LogP) is 3.72. The van der Waals surface area contributed by atoms with Crippen molar-refractivity contribution in [1.82, 2.24) is 14.8 Å². The summed E-state index contributed by atoms with van der Waals surface area (Å²) >= 11 is 6.01. The number of nitrogens with zero attached hydrogens (tertiary/aromatic N) is 3. The van der Waals surface area contributed by atoms with Gasteiger partial charge < -0.3 is 10.1 Å². The molecule has 28 heavy (non-hydrogen) atoms. The van der Waals surface area contributed by atoms with E-state index in [1.165, 1.54) is 13.1 Å². The SMILES string of the molecule is Cc1cc(C)n(-c2ccc(C(=O)OC(C)C(=O)Nc3ccccc3Cl)cn2)n1. The number of benzene rings is 1. The molecule has 1 atom stereocenters. The Kier molecular flexibility index (Phi) is 5.75. The van der Waals surface area contributed by atoms with E-state index in [-0.39, 0.29) is 5.56 Å². The first-order valence-corrected chi connectivity index (χ1v) is 8.99. The molecule has 0 fully saturated rings. The van der Waals surface area contributed by atoms with Gasteiger partial charge in [0.1, 0.15) is 0 Å². The third kappa shape index (κ3) is 4.37. The number of para-hydroxylation sites is 1. The van der Waals surface area contributed by atoms with Crippen LogP contribution >= 0.6 is 11.6 Å². The highest BCUT2D eigenvalue weighted by Gasteiger charge is 2.20. The summed E-state index contributed by atoms with van der Waals surface area (Å²) < 4.78 is 6.91. The van der Waals surface area contributed by atoms with Gasteiger partial charge in [-0.15, -0.1) is 0 Å². The molecule has 1 amide bonds. The Hall–Kier alpha value is -3.19. The summed E-state index contributed by atoms with van der Waals surface area (Å²) in [5.74, 6) is -0.533. The average molecular weight is 399 g/mol. The molecule has 1 unspecified atom stereocenters. The van der Waals surface area contributed by atoms with Crippen LogP contribution < -0.4 is 5.32 Å². The van der Waals surface area contributed by atoms with Crippen molar-refractivity contribution in [2.75, 3.05) is 5.32 Å². The van der Waals surface area contributed by atoms with E-state index in [0.717, 1.165) is 11.4 Å². The fourth-order valence-electron chi connectivity index (χ4n) is 2.57. The van der Waals surface area contributed by atoms with E-state index < -0.39 is 18.0 Å². The van der Waals surface area contributed by atoms with Crippen LogP contribution in [0.25, 0.3) is 5.82 Å². The zero-order chi connectivity index (χ0) is 20.3. The summed E-state index contributed by atoms with van der Waals surface area (Å²) in [6.07, 6.45) is 0.395. The summed E-state index contributed by atoms with van der Waals surface area (Å²) in [7, 11) is 0. The minimum Gasteiger partial charge on any atom is -0.449 e. The van der Waals surface area contributed by atoms with Crippen molar-refractivity contribution >= 4 is 29.2 Å². The number of nitrogens with one attached hydrogen (secondary N) is 1. The summed E-state index contributed by atoms with van der Waals surface area (Å²) in [6.45, 7) is 5.30. The fourth-order valence-corrected chi connectivity index (χ4v) is 2.75. The number of amides is 1. The number of pyridine rings is 1. The van der Waals surface area contributed by atoms with E-state index >= 15 is 0 Å². The van der Waals surface area contributed by atoms with Crippen molar-refractivity contribution < 1.29 is 14.3 Å². The number of hydrogen-bond acceptors (Lipinski definition) is 5. The molecule has 8 heteroatoms. The monoisotopic (exact) mass is 398 g/mol. The average Bonchev–Trinajstić information content (AvgIpc) is 3.01. The quantitative estimate of drug-likeness (QED) is 0.662. The molecule has 2 aromatic heterocycles. The van der Waals surface area contributed by atoms with Crippen molar-refractivity contribution in [1.29, 1.82) is 0 Å². The lowest BCUT2D eigenvalue weighted by Gasteiger charge is -2.14. The van der Waals surface area contributed by atoms with Crippen molar-refractivity contribution in [2.24, 2.45) is 0 Å². The van der Waals surface area contributed by atoms with Crippen LogP contribution in [0.15, 0.2) is 48.7 Å². The highest BCUT2D eigenvalue weighted by molar-refractivity contribution is 6.33. The maximum atomic E-state index is 12.3. The first-order valence-electron chi connectivity index (χ1n) is 8.61. The molecular formula is C20H19ClN4O3. The van der Waals surface area contributed by atoms with Gasteiger partial charge in [-0.2, -0.15) is 5.10 Å². The Bertz CT molecular complexity index is 1010. The molecule has 0 saturated heterocycles. The van der Waals surface area contributed by atoms with Gasteiger partial charge in [0.05, 0.1) is 22.0 Å². The van der Waals surface area contributed by atoms with Crippen LogP contribution in [0.1, 0.15) is 28.7 Å². The van der Waals surface area contributed by atoms with E-state index in [0.29, 0.717) is 16.5 Å². The van der Waals surface area contributed by atoms with Gasteiger partial charge in [-0.1, -0.05) is 23.7 Å². The number of anilines is 1. The van der Waals surface area contributed by atoms with Gasteiger partial charge in [-0.3, -0.25) is 4.79 Å². The zero-order valence-corrected chi connectivity index (χ0v) is 16.4. The largest absolute Gasteiger partial charge is 0.449 e. The molecule has 7 nitrogen and oxygen atoms in total. The lowest BCUT2D eigenvalue weighted by molar-refractivity contribution is -0.123. The molecule has 0 spiro atoms. The van der Waals surface area contributed by atoms with E-state index in [9.17, 15) is 9.59 Å². The first-order chi connectivity index (χ1) is 13.3. The van der Waals surface area contributed by atoms with Gasteiger partial charge >= 0.3 is 5.97 Å². The first kappa shape index (κ1) is 19.6.